The second-order valence-electron chi connectivity index (χ2n) is 6.65. The second-order valence-corrected chi connectivity index (χ2v) is 6.65. The molecule has 0 atom stereocenters. The van der Waals surface area contributed by atoms with Gasteiger partial charge in [-0.05, 0) is 56.3 Å². The van der Waals surface area contributed by atoms with Crippen LogP contribution in [0.5, 0.6) is 0 Å². The maximum absolute atomic E-state index is 5.59. The molecule has 1 aromatic rings. The van der Waals surface area contributed by atoms with Crippen LogP contribution in [0.1, 0.15) is 38.5 Å². The van der Waals surface area contributed by atoms with Gasteiger partial charge in [0.2, 0.25) is 0 Å². The van der Waals surface area contributed by atoms with E-state index < -0.39 is 0 Å². The van der Waals surface area contributed by atoms with Gasteiger partial charge in [0.15, 0.2) is 0 Å². The van der Waals surface area contributed by atoms with Crippen LogP contribution in [0.15, 0.2) is 12.4 Å². The molecule has 0 amide bonds. The number of nitrogens with zero attached hydrogens (tertiary/aromatic N) is 2. The predicted octanol–water partition coefficient (Wildman–Crippen LogP) is 2.44. The quantitative estimate of drug-likeness (QED) is 0.838. The summed E-state index contributed by atoms with van der Waals surface area (Å²) in [5.41, 5.74) is 5.89. The van der Waals surface area contributed by atoms with Gasteiger partial charge >= 0.3 is 0 Å². The molecule has 1 heterocycles. The summed E-state index contributed by atoms with van der Waals surface area (Å²) in [7, 11) is 0. The molecule has 4 bridgehead atoms. The Hall–Kier alpha value is -1.32. The van der Waals surface area contributed by atoms with Crippen molar-refractivity contribution in [2.45, 2.75) is 44.1 Å². The van der Waals surface area contributed by atoms with Crippen LogP contribution < -0.4 is 11.1 Å². The van der Waals surface area contributed by atoms with Crippen molar-refractivity contribution >= 4 is 11.6 Å². The standard InChI is InChI=1S/C14H20N4/c15-12-7-17-13(8-16-12)18-14-4-9-1-10(5-14)3-11(2-9)6-14/h7-11H,1-6H2,(H2,15,16)(H,17,18). The van der Waals surface area contributed by atoms with Crippen LogP contribution in [-0.4, -0.2) is 15.5 Å². The molecule has 0 saturated heterocycles. The van der Waals surface area contributed by atoms with Gasteiger partial charge in [0.05, 0.1) is 12.4 Å². The van der Waals surface area contributed by atoms with Crippen LogP contribution in [-0.2, 0) is 0 Å². The molecule has 96 valence electrons. The number of aromatic nitrogens is 2. The lowest BCUT2D eigenvalue weighted by Crippen LogP contribution is -2.54. The summed E-state index contributed by atoms with van der Waals surface area (Å²) in [6, 6.07) is 0. The first kappa shape index (κ1) is 10.6. The lowest BCUT2D eigenvalue weighted by molar-refractivity contribution is 0.0105. The van der Waals surface area contributed by atoms with Gasteiger partial charge in [-0.2, -0.15) is 0 Å². The summed E-state index contributed by atoms with van der Waals surface area (Å²) >= 11 is 0. The molecule has 4 aliphatic carbocycles. The van der Waals surface area contributed by atoms with Crippen LogP contribution in [0.2, 0.25) is 0 Å². The third-order valence-electron chi connectivity index (χ3n) is 5.10. The molecule has 0 radical (unpaired) electrons. The third kappa shape index (κ3) is 1.66. The molecule has 4 saturated carbocycles. The molecular weight excluding hydrogens is 224 g/mol. The highest BCUT2D eigenvalue weighted by Crippen LogP contribution is 2.56. The molecule has 0 aromatic carbocycles. The molecule has 0 unspecified atom stereocenters. The minimum atomic E-state index is 0.305. The normalized spacial score (nSPS) is 41.0. The number of nitrogens with two attached hydrogens (primary N) is 1. The monoisotopic (exact) mass is 244 g/mol. The Bertz CT molecular complexity index is 418. The van der Waals surface area contributed by atoms with E-state index in [1.54, 1.807) is 12.4 Å². The summed E-state index contributed by atoms with van der Waals surface area (Å²) in [5, 5.41) is 3.68. The van der Waals surface area contributed by atoms with Crippen molar-refractivity contribution in [2.24, 2.45) is 17.8 Å². The minimum Gasteiger partial charge on any atom is -0.382 e. The van der Waals surface area contributed by atoms with Crippen molar-refractivity contribution < 1.29 is 0 Å². The smallest absolute Gasteiger partial charge is 0.145 e. The number of nitrogen functional groups attached to an aromatic ring is 1. The molecule has 0 spiro atoms. The Morgan fingerprint density at radius 1 is 1.00 bits per heavy atom. The predicted molar refractivity (Wildman–Crippen MR) is 71.0 cm³/mol. The fourth-order valence-corrected chi connectivity index (χ4v) is 4.94. The van der Waals surface area contributed by atoms with E-state index in [0.717, 1.165) is 23.6 Å². The van der Waals surface area contributed by atoms with Gasteiger partial charge in [-0.15, -0.1) is 0 Å². The van der Waals surface area contributed by atoms with Crippen molar-refractivity contribution in [1.82, 2.24) is 9.97 Å². The zero-order valence-electron chi connectivity index (χ0n) is 10.6. The van der Waals surface area contributed by atoms with Gasteiger partial charge in [-0.3, -0.25) is 0 Å². The highest BCUT2D eigenvalue weighted by Gasteiger charge is 2.51. The van der Waals surface area contributed by atoms with E-state index >= 15 is 0 Å². The molecule has 4 heteroatoms. The lowest BCUT2D eigenvalue weighted by atomic mass is 9.53. The zero-order chi connectivity index (χ0) is 12.2. The maximum atomic E-state index is 5.59. The van der Waals surface area contributed by atoms with E-state index in [4.69, 9.17) is 5.73 Å². The van der Waals surface area contributed by atoms with E-state index in [2.05, 4.69) is 15.3 Å². The van der Waals surface area contributed by atoms with Gasteiger partial charge in [0, 0.05) is 5.54 Å². The van der Waals surface area contributed by atoms with Crippen LogP contribution in [0, 0.1) is 17.8 Å². The van der Waals surface area contributed by atoms with Gasteiger partial charge in [-0.1, -0.05) is 0 Å². The van der Waals surface area contributed by atoms with Crippen LogP contribution in [0.25, 0.3) is 0 Å². The number of hydrogen-bond donors (Lipinski definition) is 2. The first-order valence-corrected chi connectivity index (χ1v) is 7.06. The van der Waals surface area contributed by atoms with Gasteiger partial charge in [0.25, 0.3) is 0 Å². The van der Waals surface area contributed by atoms with Crippen molar-refractivity contribution in [3.8, 4) is 0 Å². The number of rotatable bonds is 2. The van der Waals surface area contributed by atoms with Crippen LogP contribution >= 0.6 is 0 Å². The first-order valence-electron chi connectivity index (χ1n) is 7.06. The molecule has 1 aromatic heterocycles. The number of nitrogens with one attached hydrogen (secondary N) is 1. The Balaban J connectivity index is 1.58. The average molecular weight is 244 g/mol. The molecule has 4 nitrogen and oxygen atoms in total. The molecule has 0 aliphatic heterocycles. The Labute approximate surface area is 107 Å². The van der Waals surface area contributed by atoms with Gasteiger partial charge in [0.1, 0.15) is 11.6 Å². The third-order valence-corrected chi connectivity index (χ3v) is 5.10. The SMILES string of the molecule is Nc1cnc(NC23CC4CC(CC(C4)C2)C3)cn1. The number of hydrogen-bond acceptors (Lipinski definition) is 4. The molecule has 3 N–H and O–H groups in total. The van der Waals surface area contributed by atoms with Crippen molar-refractivity contribution in [1.29, 1.82) is 0 Å². The first-order chi connectivity index (χ1) is 8.71. The Kier molecular flexibility index (Phi) is 2.11. The number of anilines is 2. The summed E-state index contributed by atoms with van der Waals surface area (Å²) in [6.07, 6.45) is 11.8. The highest BCUT2D eigenvalue weighted by atomic mass is 15.1. The van der Waals surface area contributed by atoms with Crippen molar-refractivity contribution in [3.05, 3.63) is 12.4 Å². The van der Waals surface area contributed by atoms with Crippen molar-refractivity contribution in [3.63, 3.8) is 0 Å². The molecule has 18 heavy (non-hydrogen) atoms. The fraction of sp³-hybridized carbons (Fsp3) is 0.714. The van der Waals surface area contributed by atoms with E-state index in [1.165, 1.54) is 38.5 Å². The lowest BCUT2D eigenvalue weighted by Gasteiger charge is -2.57. The minimum absolute atomic E-state index is 0.305. The Morgan fingerprint density at radius 3 is 2.11 bits per heavy atom. The zero-order valence-corrected chi connectivity index (χ0v) is 10.6. The van der Waals surface area contributed by atoms with E-state index in [9.17, 15) is 0 Å². The van der Waals surface area contributed by atoms with Crippen LogP contribution in [0.3, 0.4) is 0 Å². The van der Waals surface area contributed by atoms with Gasteiger partial charge in [-0.25, -0.2) is 9.97 Å². The van der Waals surface area contributed by atoms with E-state index in [1.807, 2.05) is 0 Å². The molecule has 4 aliphatic rings. The molecule has 5 rings (SSSR count). The van der Waals surface area contributed by atoms with E-state index in [0.29, 0.717) is 11.4 Å². The maximum Gasteiger partial charge on any atom is 0.145 e. The summed E-state index contributed by atoms with van der Waals surface area (Å²) in [6.45, 7) is 0. The fourth-order valence-electron chi connectivity index (χ4n) is 4.94. The topological polar surface area (TPSA) is 63.8 Å². The average Bonchev–Trinajstić information content (AvgIpc) is 2.30. The summed E-state index contributed by atoms with van der Waals surface area (Å²) in [5.74, 6) is 4.23. The molecular formula is C14H20N4. The summed E-state index contributed by atoms with van der Waals surface area (Å²) < 4.78 is 0. The van der Waals surface area contributed by atoms with Gasteiger partial charge < -0.3 is 11.1 Å². The van der Waals surface area contributed by atoms with E-state index in [-0.39, 0.29) is 0 Å². The van der Waals surface area contributed by atoms with Crippen LogP contribution in [0.4, 0.5) is 11.6 Å². The Morgan fingerprint density at radius 2 is 1.61 bits per heavy atom. The second kappa shape index (κ2) is 3.59. The largest absolute Gasteiger partial charge is 0.382 e. The van der Waals surface area contributed by atoms with Crippen molar-refractivity contribution in [2.75, 3.05) is 11.1 Å². The summed E-state index contributed by atoms with van der Waals surface area (Å²) in [4.78, 5) is 8.49. The highest BCUT2D eigenvalue weighted by molar-refractivity contribution is 5.39. The molecule has 4 fully saturated rings.